The maximum Gasteiger partial charge on any atom is 0.232 e. The first-order valence-electron chi connectivity index (χ1n) is 6.12. The number of rotatable bonds is 4. The van der Waals surface area contributed by atoms with E-state index in [1.54, 1.807) is 13.3 Å². The number of anilines is 1. The van der Waals surface area contributed by atoms with Crippen LogP contribution in [0.15, 0.2) is 10.7 Å². The van der Waals surface area contributed by atoms with Gasteiger partial charge in [0.2, 0.25) is 11.8 Å². The van der Waals surface area contributed by atoms with Crippen molar-refractivity contribution in [3.8, 4) is 5.88 Å². The zero-order valence-electron chi connectivity index (χ0n) is 10.4. The second-order valence-electron chi connectivity index (χ2n) is 4.46. The van der Waals surface area contributed by atoms with Gasteiger partial charge in [0.25, 0.3) is 0 Å². The van der Waals surface area contributed by atoms with Crippen LogP contribution in [-0.4, -0.2) is 35.5 Å². The maximum atomic E-state index is 5.22. The van der Waals surface area contributed by atoms with Crippen LogP contribution in [0.4, 0.5) is 5.95 Å². The molecule has 0 aromatic carbocycles. The van der Waals surface area contributed by atoms with Crippen LogP contribution in [0.3, 0.4) is 0 Å². The molecule has 1 atom stereocenters. The van der Waals surface area contributed by atoms with Crippen LogP contribution in [0.2, 0.25) is 0 Å². The third-order valence-corrected chi connectivity index (χ3v) is 4.21. The lowest BCUT2D eigenvalue weighted by molar-refractivity contribution is 0.385. The average Bonchev–Trinajstić information content (AvgIpc) is 2.40. The lowest BCUT2D eigenvalue weighted by atomic mass is 9.96. The lowest BCUT2D eigenvalue weighted by Crippen LogP contribution is -2.36. The van der Waals surface area contributed by atoms with Crippen LogP contribution in [-0.2, 0) is 0 Å². The number of ether oxygens (including phenoxy) is 1. The van der Waals surface area contributed by atoms with E-state index in [0.717, 1.165) is 34.8 Å². The molecule has 1 aromatic rings. The molecule has 0 bridgehead atoms. The third kappa shape index (κ3) is 3.35. The molecular weight excluding hydrogens is 362 g/mol. The van der Waals surface area contributed by atoms with Gasteiger partial charge < -0.3 is 9.64 Å². The highest BCUT2D eigenvalue weighted by Gasteiger charge is 2.22. The van der Waals surface area contributed by atoms with Gasteiger partial charge in [-0.3, -0.25) is 0 Å². The quantitative estimate of drug-likeness (QED) is 0.753. The summed E-state index contributed by atoms with van der Waals surface area (Å²) in [5, 5.41) is 1.07. The van der Waals surface area contributed by atoms with Crippen LogP contribution in [0.1, 0.15) is 19.3 Å². The fourth-order valence-corrected chi connectivity index (χ4v) is 3.28. The number of hydrogen-bond donors (Lipinski definition) is 0. The predicted octanol–water partition coefficient (Wildman–Crippen LogP) is 3.25. The molecule has 0 amide bonds. The van der Waals surface area contributed by atoms with Crippen molar-refractivity contribution in [2.75, 3.05) is 30.4 Å². The van der Waals surface area contributed by atoms with Crippen LogP contribution >= 0.6 is 31.9 Å². The zero-order valence-corrected chi connectivity index (χ0v) is 13.6. The number of halogens is 2. The first kappa shape index (κ1) is 14.1. The van der Waals surface area contributed by atoms with E-state index in [2.05, 4.69) is 46.7 Å². The summed E-state index contributed by atoms with van der Waals surface area (Å²) in [5.41, 5.74) is 0. The molecule has 0 radical (unpaired) electrons. The molecule has 100 valence electrons. The molecule has 4 nitrogen and oxygen atoms in total. The number of piperidine rings is 1. The van der Waals surface area contributed by atoms with Crippen LogP contribution in [0, 0.1) is 5.92 Å². The fourth-order valence-electron chi connectivity index (χ4n) is 2.27. The Labute approximate surface area is 124 Å². The SMILES string of the molecule is COc1nc(N2CCCC(CCBr)C2)ncc1Br. The Morgan fingerprint density at radius 1 is 1.56 bits per heavy atom. The largest absolute Gasteiger partial charge is 0.480 e. The first-order chi connectivity index (χ1) is 8.74. The maximum absolute atomic E-state index is 5.22. The second-order valence-corrected chi connectivity index (χ2v) is 6.11. The van der Waals surface area contributed by atoms with Crippen LogP contribution in [0.25, 0.3) is 0 Å². The second kappa shape index (κ2) is 6.70. The Morgan fingerprint density at radius 3 is 3.11 bits per heavy atom. The molecule has 0 aliphatic carbocycles. The number of aromatic nitrogens is 2. The van der Waals surface area contributed by atoms with Gasteiger partial charge in [0.05, 0.1) is 17.8 Å². The van der Waals surface area contributed by atoms with E-state index in [1.165, 1.54) is 19.3 Å². The molecule has 1 unspecified atom stereocenters. The highest BCUT2D eigenvalue weighted by atomic mass is 79.9. The molecule has 1 aliphatic rings. The van der Waals surface area contributed by atoms with Crippen molar-refractivity contribution in [2.45, 2.75) is 19.3 Å². The van der Waals surface area contributed by atoms with Gasteiger partial charge in [-0.05, 0) is 41.1 Å². The molecule has 1 aromatic heterocycles. The Morgan fingerprint density at radius 2 is 2.39 bits per heavy atom. The molecule has 0 saturated carbocycles. The van der Waals surface area contributed by atoms with Gasteiger partial charge in [0.15, 0.2) is 0 Å². The van der Waals surface area contributed by atoms with Crippen molar-refractivity contribution in [1.82, 2.24) is 9.97 Å². The predicted molar refractivity (Wildman–Crippen MR) is 79.6 cm³/mol. The van der Waals surface area contributed by atoms with Crippen molar-refractivity contribution >= 4 is 37.8 Å². The monoisotopic (exact) mass is 377 g/mol. The molecule has 2 rings (SSSR count). The number of hydrogen-bond acceptors (Lipinski definition) is 4. The lowest BCUT2D eigenvalue weighted by Gasteiger charge is -2.32. The summed E-state index contributed by atoms with van der Waals surface area (Å²) < 4.78 is 6.01. The smallest absolute Gasteiger partial charge is 0.232 e. The highest BCUT2D eigenvalue weighted by Crippen LogP contribution is 2.27. The van der Waals surface area contributed by atoms with Gasteiger partial charge >= 0.3 is 0 Å². The van der Waals surface area contributed by atoms with E-state index in [-0.39, 0.29) is 0 Å². The minimum Gasteiger partial charge on any atom is -0.480 e. The molecule has 1 aliphatic heterocycles. The number of methoxy groups -OCH3 is 1. The van der Waals surface area contributed by atoms with Gasteiger partial charge in [-0.25, -0.2) is 4.98 Å². The fraction of sp³-hybridized carbons (Fsp3) is 0.667. The highest BCUT2D eigenvalue weighted by molar-refractivity contribution is 9.10. The van der Waals surface area contributed by atoms with E-state index in [4.69, 9.17) is 4.74 Å². The summed E-state index contributed by atoms with van der Waals surface area (Å²) in [7, 11) is 1.63. The van der Waals surface area contributed by atoms with E-state index in [0.29, 0.717) is 5.88 Å². The Kier molecular flexibility index (Phi) is 5.24. The Hall–Kier alpha value is -0.360. The molecule has 6 heteroatoms. The van der Waals surface area contributed by atoms with Gasteiger partial charge in [-0.1, -0.05) is 15.9 Å². The van der Waals surface area contributed by atoms with E-state index in [9.17, 15) is 0 Å². The summed E-state index contributed by atoms with van der Waals surface area (Å²) in [5.74, 6) is 2.10. The third-order valence-electron chi connectivity index (χ3n) is 3.21. The van der Waals surface area contributed by atoms with Gasteiger partial charge in [-0.15, -0.1) is 0 Å². The summed E-state index contributed by atoms with van der Waals surface area (Å²) in [6.45, 7) is 2.07. The van der Waals surface area contributed by atoms with E-state index >= 15 is 0 Å². The molecule has 0 N–H and O–H groups in total. The average molecular weight is 379 g/mol. The summed E-state index contributed by atoms with van der Waals surface area (Å²) in [4.78, 5) is 11.1. The number of alkyl halides is 1. The molecule has 1 fully saturated rings. The van der Waals surface area contributed by atoms with Crippen LogP contribution < -0.4 is 9.64 Å². The van der Waals surface area contributed by atoms with E-state index < -0.39 is 0 Å². The molecule has 1 saturated heterocycles. The number of nitrogens with zero attached hydrogens (tertiary/aromatic N) is 3. The summed E-state index contributed by atoms with van der Waals surface area (Å²) >= 11 is 6.89. The molecular formula is C12H17Br2N3O. The van der Waals surface area contributed by atoms with Gasteiger partial charge in [-0.2, -0.15) is 4.98 Å². The van der Waals surface area contributed by atoms with Gasteiger partial charge in [0, 0.05) is 18.4 Å². The van der Waals surface area contributed by atoms with E-state index in [1.807, 2.05) is 0 Å². The molecule has 0 spiro atoms. The van der Waals surface area contributed by atoms with Crippen molar-refractivity contribution in [2.24, 2.45) is 5.92 Å². The Bertz CT molecular complexity index is 401. The minimum atomic E-state index is 0.600. The van der Waals surface area contributed by atoms with Gasteiger partial charge in [0.1, 0.15) is 0 Å². The minimum absolute atomic E-state index is 0.600. The first-order valence-corrected chi connectivity index (χ1v) is 8.03. The van der Waals surface area contributed by atoms with Crippen molar-refractivity contribution in [3.05, 3.63) is 10.7 Å². The van der Waals surface area contributed by atoms with Crippen molar-refractivity contribution in [1.29, 1.82) is 0 Å². The van der Waals surface area contributed by atoms with Crippen molar-refractivity contribution < 1.29 is 4.74 Å². The Balaban J connectivity index is 2.10. The normalized spacial score (nSPS) is 19.9. The zero-order chi connectivity index (χ0) is 13.0. The molecule has 18 heavy (non-hydrogen) atoms. The topological polar surface area (TPSA) is 38.2 Å². The summed E-state index contributed by atoms with van der Waals surface area (Å²) in [6.07, 6.45) is 5.48. The molecule has 2 heterocycles. The standard InChI is InChI=1S/C12H17Br2N3O/c1-18-11-10(14)7-15-12(16-11)17-6-2-3-9(8-17)4-5-13/h7,9H,2-6,8H2,1H3. The van der Waals surface area contributed by atoms with Crippen LogP contribution in [0.5, 0.6) is 5.88 Å². The summed E-state index contributed by atoms with van der Waals surface area (Å²) in [6, 6.07) is 0. The van der Waals surface area contributed by atoms with Crippen molar-refractivity contribution in [3.63, 3.8) is 0 Å².